The first-order valence-electron chi connectivity index (χ1n) is 10.5. The van der Waals surface area contributed by atoms with Crippen molar-refractivity contribution in [3.05, 3.63) is 48.4 Å². The second kappa shape index (κ2) is 8.84. The third-order valence-corrected chi connectivity index (χ3v) is 7.93. The average molecular weight is 446 g/mol. The Balaban J connectivity index is 1.35. The van der Waals surface area contributed by atoms with Gasteiger partial charge in [-0.15, -0.1) is 0 Å². The Labute approximate surface area is 182 Å². The van der Waals surface area contributed by atoms with Gasteiger partial charge in [0.1, 0.15) is 5.76 Å². The fourth-order valence-electron chi connectivity index (χ4n) is 4.02. The maximum atomic E-state index is 12.8. The third kappa shape index (κ3) is 4.83. The maximum absolute atomic E-state index is 12.8. The lowest BCUT2D eigenvalue weighted by Gasteiger charge is -2.29. The first-order valence-corrected chi connectivity index (χ1v) is 12.0. The van der Waals surface area contributed by atoms with Gasteiger partial charge in [0.25, 0.3) is 0 Å². The zero-order valence-corrected chi connectivity index (χ0v) is 18.3. The van der Waals surface area contributed by atoms with Crippen LogP contribution >= 0.6 is 0 Å². The molecule has 9 heteroatoms. The predicted molar refractivity (Wildman–Crippen MR) is 114 cm³/mol. The second-order valence-electron chi connectivity index (χ2n) is 8.35. The van der Waals surface area contributed by atoms with Crippen LogP contribution in [0.15, 0.2) is 52.0 Å². The minimum atomic E-state index is -3.53. The Hall–Kier alpha value is -2.65. The molecule has 8 nitrogen and oxygen atoms in total. The molecule has 2 fully saturated rings. The Morgan fingerprint density at radius 2 is 1.87 bits per heavy atom. The Morgan fingerprint density at radius 3 is 2.52 bits per heavy atom. The van der Waals surface area contributed by atoms with E-state index in [-0.39, 0.29) is 23.1 Å². The summed E-state index contributed by atoms with van der Waals surface area (Å²) in [6, 6.07) is 9.78. The molecular weight excluding hydrogens is 418 g/mol. The van der Waals surface area contributed by atoms with Crippen LogP contribution in [-0.4, -0.2) is 49.1 Å². The number of furan rings is 1. The van der Waals surface area contributed by atoms with Crippen LogP contribution in [0.1, 0.15) is 31.9 Å². The number of piperidine rings is 1. The fourth-order valence-corrected chi connectivity index (χ4v) is 5.49. The molecule has 1 aromatic heterocycles. The van der Waals surface area contributed by atoms with Crippen LogP contribution in [0, 0.1) is 11.8 Å². The molecule has 2 aliphatic rings. The molecule has 0 aliphatic carbocycles. The van der Waals surface area contributed by atoms with Crippen molar-refractivity contribution in [2.45, 2.75) is 37.6 Å². The number of carbonyl (C=O) groups excluding carboxylic acids is 2. The molecule has 0 saturated carbocycles. The summed E-state index contributed by atoms with van der Waals surface area (Å²) in [5.74, 6) is 0.418. The first kappa shape index (κ1) is 21.6. The number of rotatable bonds is 6. The second-order valence-corrected chi connectivity index (χ2v) is 10.3. The Morgan fingerprint density at radius 1 is 1.16 bits per heavy atom. The van der Waals surface area contributed by atoms with Crippen molar-refractivity contribution in [1.29, 1.82) is 0 Å². The average Bonchev–Trinajstić information content (AvgIpc) is 3.39. The summed E-state index contributed by atoms with van der Waals surface area (Å²) in [6.07, 6.45) is 3.43. The number of anilines is 1. The highest BCUT2D eigenvalue weighted by molar-refractivity contribution is 7.89. The molecule has 3 heterocycles. The molecule has 0 radical (unpaired) electrons. The summed E-state index contributed by atoms with van der Waals surface area (Å²) >= 11 is 0. The van der Waals surface area contributed by atoms with Crippen LogP contribution in [0.3, 0.4) is 0 Å². The Bertz CT molecular complexity index is 1030. The molecule has 1 aromatic carbocycles. The number of carbonyl (C=O) groups is 2. The molecule has 1 N–H and O–H groups in total. The summed E-state index contributed by atoms with van der Waals surface area (Å²) in [5.41, 5.74) is 0.508. The monoisotopic (exact) mass is 445 g/mol. The van der Waals surface area contributed by atoms with Crippen LogP contribution in [0.4, 0.5) is 5.69 Å². The summed E-state index contributed by atoms with van der Waals surface area (Å²) in [6.45, 7) is 3.87. The molecule has 2 aliphatic heterocycles. The highest BCUT2D eigenvalue weighted by Crippen LogP contribution is 2.25. The zero-order valence-electron chi connectivity index (χ0n) is 17.5. The van der Waals surface area contributed by atoms with Crippen LogP contribution in [0.25, 0.3) is 0 Å². The summed E-state index contributed by atoms with van der Waals surface area (Å²) < 4.78 is 32.5. The summed E-state index contributed by atoms with van der Waals surface area (Å²) in [4.78, 5) is 26.7. The molecule has 2 saturated heterocycles. The van der Waals surface area contributed by atoms with Crippen molar-refractivity contribution in [2.24, 2.45) is 11.8 Å². The van der Waals surface area contributed by atoms with Gasteiger partial charge in [0.2, 0.25) is 21.8 Å². The van der Waals surface area contributed by atoms with Crippen LogP contribution in [0.2, 0.25) is 0 Å². The van der Waals surface area contributed by atoms with Crippen LogP contribution < -0.4 is 5.32 Å². The number of benzene rings is 1. The van der Waals surface area contributed by atoms with Crippen LogP contribution in [-0.2, 0) is 26.2 Å². The van der Waals surface area contributed by atoms with E-state index in [0.717, 1.165) is 12.8 Å². The van der Waals surface area contributed by atoms with E-state index < -0.39 is 15.9 Å². The molecule has 1 atom stereocenters. The van der Waals surface area contributed by atoms with E-state index in [1.165, 1.54) is 16.4 Å². The number of nitrogens with zero attached hydrogens (tertiary/aromatic N) is 2. The molecule has 166 valence electrons. The van der Waals surface area contributed by atoms with Crippen LogP contribution in [0.5, 0.6) is 0 Å². The van der Waals surface area contributed by atoms with E-state index in [1.807, 2.05) is 0 Å². The standard InChI is InChI=1S/C22H27N3O5S/c1-16-8-10-25(11-9-16)31(28,29)20-6-4-18(5-7-20)23-22(27)17-13-21(26)24(14-17)15-19-3-2-12-30-19/h2-7,12,16-17H,8-11,13-15H2,1H3,(H,23,27). The minimum absolute atomic E-state index is 0.0890. The van der Waals surface area contributed by atoms with Gasteiger partial charge in [0.05, 0.1) is 23.6 Å². The van der Waals surface area contributed by atoms with Crippen molar-refractivity contribution in [3.63, 3.8) is 0 Å². The molecular formula is C22H27N3O5S. The fraction of sp³-hybridized carbons (Fsp3) is 0.455. The van der Waals surface area contributed by atoms with Gasteiger partial charge in [-0.1, -0.05) is 6.92 Å². The SMILES string of the molecule is CC1CCN(S(=O)(=O)c2ccc(NC(=O)C3CC(=O)N(Cc4ccco4)C3)cc2)CC1. The zero-order chi connectivity index (χ0) is 22.0. The minimum Gasteiger partial charge on any atom is -0.467 e. The number of hydrogen-bond donors (Lipinski definition) is 1. The Kier molecular flexibility index (Phi) is 6.15. The summed E-state index contributed by atoms with van der Waals surface area (Å²) in [7, 11) is -3.53. The molecule has 1 unspecified atom stereocenters. The van der Waals surface area contributed by atoms with Gasteiger partial charge >= 0.3 is 0 Å². The van der Waals surface area contributed by atoms with Crippen molar-refractivity contribution in [1.82, 2.24) is 9.21 Å². The number of amides is 2. The van der Waals surface area contributed by atoms with Gasteiger partial charge in [0, 0.05) is 31.7 Å². The van der Waals surface area contributed by atoms with Crippen molar-refractivity contribution >= 4 is 27.5 Å². The molecule has 0 spiro atoms. The predicted octanol–water partition coefficient (Wildman–Crippen LogP) is 2.69. The van der Waals surface area contributed by atoms with Crippen molar-refractivity contribution in [2.75, 3.05) is 25.0 Å². The lowest BCUT2D eigenvalue weighted by molar-refractivity contribution is -0.128. The third-order valence-electron chi connectivity index (χ3n) is 6.01. The van der Waals surface area contributed by atoms with Gasteiger partial charge in [0.15, 0.2) is 0 Å². The van der Waals surface area contributed by atoms with Gasteiger partial charge in [-0.05, 0) is 55.2 Å². The normalized spacial score (nSPS) is 20.9. The molecule has 2 aromatic rings. The van der Waals surface area contributed by atoms with Gasteiger partial charge in [-0.2, -0.15) is 4.31 Å². The number of sulfonamides is 1. The largest absolute Gasteiger partial charge is 0.467 e. The highest BCUT2D eigenvalue weighted by atomic mass is 32.2. The van der Waals surface area contributed by atoms with E-state index in [2.05, 4.69) is 12.2 Å². The molecule has 2 amide bonds. The van der Waals surface area contributed by atoms with E-state index in [1.54, 1.807) is 35.4 Å². The van der Waals surface area contributed by atoms with Crippen molar-refractivity contribution in [3.8, 4) is 0 Å². The van der Waals surface area contributed by atoms with E-state index >= 15 is 0 Å². The maximum Gasteiger partial charge on any atom is 0.243 e. The van der Waals surface area contributed by atoms with Gasteiger partial charge < -0.3 is 14.6 Å². The van der Waals surface area contributed by atoms with Gasteiger partial charge in [-0.25, -0.2) is 8.42 Å². The smallest absolute Gasteiger partial charge is 0.243 e. The van der Waals surface area contributed by atoms with E-state index in [9.17, 15) is 18.0 Å². The molecule has 4 rings (SSSR count). The molecule has 31 heavy (non-hydrogen) atoms. The van der Waals surface area contributed by atoms with E-state index in [0.29, 0.717) is 43.5 Å². The van der Waals surface area contributed by atoms with Gasteiger partial charge in [-0.3, -0.25) is 9.59 Å². The number of likely N-dealkylation sites (tertiary alicyclic amines) is 1. The quantitative estimate of drug-likeness (QED) is 0.737. The summed E-state index contributed by atoms with van der Waals surface area (Å²) in [5, 5.41) is 2.80. The van der Waals surface area contributed by atoms with E-state index in [4.69, 9.17) is 4.42 Å². The first-order chi connectivity index (χ1) is 14.8. The highest BCUT2D eigenvalue weighted by Gasteiger charge is 2.35. The number of hydrogen-bond acceptors (Lipinski definition) is 5. The lowest BCUT2D eigenvalue weighted by atomic mass is 10.0. The number of nitrogens with one attached hydrogen (secondary N) is 1. The van der Waals surface area contributed by atoms with Crippen molar-refractivity contribution < 1.29 is 22.4 Å². The molecule has 0 bridgehead atoms. The lowest BCUT2D eigenvalue weighted by Crippen LogP contribution is -2.37. The topological polar surface area (TPSA) is 99.9 Å².